The van der Waals surface area contributed by atoms with E-state index in [9.17, 15) is 4.57 Å². The molecule has 0 radical (unpaired) electrons. The van der Waals surface area contributed by atoms with Crippen LogP contribution in [0, 0.1) is 5.41 Å². The molecular formula is C24H51O3P. The van der Waals surface area contributed by atoms with E-state index in [0.717, 1.165) is 19.3 Å². The van der Waals surface area contributed by atoms with Gasteiger partial charge in [0.1, 0.15) is 0 Å². The maximum atomic E-state index is 12.9. The first kappa shape index (κ1) is 28.1. The fourth-order valence-corrected chi connectivity index (χ4v) is 5.16. The summed E-state index contributed by atoms with van der Waals surface area (Å²) in [6.45, 7) is 11.8. The lowest BCUT2D eigenvalue weighted by molar-refractivity contribution is 0.149. The molecule has 0 saturated heterocycles. The third-order valence-corrected chi connectivity index (χ3v) is 6.98. The lowest BCUT2D eigenvalue weighted by Crippen LogP contribution is -2.15. The summed E-state index contributed by atoms with van der Waals surface area (Å²) in [6, 6.07) is 0. The molecule has 28 heavy (non-hydrogen) atoms. The van der Waals surface area contributed by atoms with Crippen molar-refractivity contribution in [1.29, 1.82) is 0 Å². The van der Waals surface area contributed by atoms with Gasteiger partial charge in [0.15, 0.2) is 0 Å². The number of hydrogen-bond donors (Lipinski definition) is 0. The SMILES string of the molecule is CCCCCCCCCCCCCCCOP(=O)(CCCC)OCC(C)(C)C. The first-order valence-corrected chi connectivity index (χ1v) is 13.9. The molecule has 0 N–H and O–H groups in total. The third kappa shape index (κ3) is 19.5. The van der Waals surface area contributed by atoms with Gasteiger partial charge in [-0.15, -0.1) is 0 Å². The Balaban J connectivity index is 3.65. The second-order valence-corrected chi connectivity index (χ2v) is 11.8. The minimum absolute atomic E-state index is 0.0146. The van der Waals surface area contributed by atoms with E-state index in [-0.39, 0.29) is 5.41 Å². The highest BCUT2D eigenvalue weighted by atomic mass is 31.2. The molecule has 3 nitrogen and oxygen atoms in total. The van der Waals surface area contributed by atoms with Crippen LogP contribution in [0.5, 0.6) is 0 Å². The average Bonchev–Trinajstić information content (AvgIpc) is 2.65. The Hall–Kier alpha value is 0.150. The molecule has 0 aromatic carbocycles. The van der Waals surface area contributed by atoms with Crippen LogP contribution in [0.2, 0.25) is 0 Å². The topological polar surface area (TPSA) is 35.5 Å². The summed E-state index contributed by atoms with van der Waals surface area (Å²) in [4.78, 5) is 0. The number of hydrogen-bond acceptors (Lipinski definition) is 3. The highest BCUT2D eigenvalue weighted by Gasteiger charge is 2.26. The van der Waals surface area contributed by atoms with Gasteiger partial charge in [0, 0.05) is 0 Å². The van der Waals surface area contributed by atoms with Gasteiger partial charge in [-0.25, -0.2) is 0 Å². The summed E-state index contributed by atoms with van der Waals surface area (Å²) in [5.41, 5.74) is 0.0146. The maximum Gasteiger partial charge on any atom is 0.330 e. The largest absolute Gasteiger partial charge is 0.330 e. The molecule has 0 aliphatic rings. The minimum atomic E-state index is -2.92. The molecule has 0 saturated carbocycles. The lowest BCUT2D eigenvalue weighted by Gasteiger charge is -2.24. The van der Waals surface area contributed by atoms with Crippen LogP contribution in [-0.4, -0.2) is 19.4 Å². The molecule has 0 amide bonds. The smallest absolute Gasteiger partial charge is 0.309 e. The molecule has 4 heteroatoms. The van der Waals surface area contributed by atoms with Gasteiger partial charge < -0.3 is 9.05 Å². The standard InChI is InChI=1S/C24H51O3P/c1-6-8-10-11-12-13-14-15-16-17-18-19-20-21-26-28(25,22-9-7-2)27-23-24(3,4)5/h6-23H2,1-5H3. The number of rotatable bonds is 20. The molecule has 0 aliphatic heterocycles. The molecule has 0 aliphatic carbocycles. The van der Waals surface area contributed by atoms with Crippen molar-refractivity contribution in [3.05, 3.63) is 0 Å². The van der Waals surface area contributed by atoms with Crippen molar-refractivity contribution in [2.24, 2.45) is 5.41 Å². The predicted molar refractivity (Wildman–Crippen MR) is 124 cm³/mol. The minimum Gasteiger partial charge on any atom is -0.309 e. The van der Waals surface area contributed by atoms with Gasteiger partial charge in [0.2, 0.25) is 0 Å². The van der Waals surface area contributed by atoms with Crippen LogP contribution in [-0.2, 0) is 13.6 Å². The summed E-state index contributed by atoms with van der Waals surface area (Å²) in [6.07, 6.45) is 19.8. The Labute approximate surface area is 177 Å². The van der Waals surface area contributed by atoms with Crippen LogP contribution in [0.3, 0.4) is 0 Å². The quantitative estimate of drug-likeness (QED) is 0.146. The molecule has 1 unspecified atom stereocenters. The highest BCUT2D eigenvalue weighted by molar-refractivity contribution is 7.53. The van der Waals surface area contributed by atoms with Crippen molar-refractivity contribution in [3.63, 3.8) is 0 Å². The molecule has 0 aromatic heterocycles. The molecule has 0 spiro atoms. The van der Waals surface area contributed by atoms with Crippen molar-refractivity contribution < 1.29 is 13.6 Å². The van der Waals surface area contributed by atoms with E-state index in [1.807, 2.05) is 0 Å². The second kappa shape index (κ2) is 18.0. The van der Waals surface area contributed by atoms with E-state index in [1.165, 1.54) is 77.0 Å². The molecule has 0 bridgehead atoms. The predicted octanol–water partition coefficient (Wildman–Crippen LogP) is 9.15. The first-order valence-electron chi connectivity index (χ1n) is 12.2. The van der Waals surface area contributed by atoms with Crippen LogP contribution in [0.25, 0.3) is 0 Å². The zero-order valence-corrected chi connectivity index (χ0v) is 20.8. The Morgan fingerprint density at radius 1 is 0.607 bits per heavy atom. The van der Waals surface area contributed by atoms with E-state index in [2.05, 4.69) is 34.6 Å². The zero-order valence-electron chi connectivity index (χ0n) is 19.9. The lowest BCUT2D eigenvalue weighted by atomic mass is 9.99. The average molecular weight is 419 g/mol. The van der Waals surface area contributed by atoms with Crippen LogP contribution in [0.15, 0.2) is 0 Å². The van der Waals surface area contributed by atoms with E-state index in [1.54, 1.807) is 0 Å². The van der Waals surface area contributed by atoms with E-state index in [4.69, 9.17) is 9.05 Å². The van der Waals surface area contributed by atoms with Crippen LogP contribution in [0.1, 0.15) is 131 Å². The van der Waals surface area contributed by atoms with Crippen molar-refractivity contribution in [2.45, 2.75) is 131 Å². The van der Waals surface area contributed by atoms with Gasteiger partial charge in [-0.1, -0.05) is 118 Å². The molecule has 170 valence electrons. The van der Waals surface area contributed by atoms with Crippen LogP contribution in [0.4, 0.5) is 0 Å². The normalized spacial score (nSPS) is 14.3. The van der Waals surface area contributed by atoms with Gasteiger partial charge in [-0.3, -0.25) is 4.57 Å². The van der Waals surface area contributed by atoms with Crippen LogP contribution >= 0.6 is 7.60 Å². The summed E-state index contributed by atoms with van der Waals surface area (Å²) in [7, 11) is -2.92. The van der Waals surface area contributed by atoms with E-state index >= 15 is 0 Å². The van der Waals surface area contributed by atoms with Gasteiger partial charge in [0.05, 0.1) is 19.4 Å². The summed E-state index contributed by atoms with van der Waals surface area (Å²) < 4.78 is 24.4. The summed E-state index contributed by atoms with van der Waals surface area (Å²) >= 11 is 0. The van der Waals surface area contributed by atoms with Gasteiger partial charge in [-0.2, -0.15) is 0 Å². The molecule has 0 heterocycles. The van der Waals surface area contributed by atoms with Crippen molar-refractivity contribution in [3.8, 4) is 0 Å². The summed E-state index contributed by atoms with van der Waals surface area (Å²) in [5.74, 6) is 0. The van der Waals surface area contributed by atoms with E-state index in [0.29, 0.717) is 19.4 Å². The Morgan fingerprint density at radius 2 is 1.04 bits per heavy atom. The van der Waals surface area contributed by atoms with Crippen molar-refractivity contribution in [1.82, 2.24) is 0 Å². The fourth-order valence-electron chi connectivity index (χ4n) is 3.13. The molecule has 0 fully saturated rings. The van der Waals surface area contributed by atoms with Crippen molar-refractivity contribution in [2.75, 3.05) is 19.4 Å². The Morgan fingerprint density at radius 3 is 1.46 bits per heavy atom. The highest BCUT2D eigenvalue weighted by Crippen LogP contribution is 2.50. The monoisotopic (exact) mass is 418 g/mol. The first-order chi connectivity index (χ1) is 13.3. The molecular weight excluding hydrogens is 367 g/mol. The van der Waals surface area contributed by atoms with Crippen molar-refractivity contribution >= 4 is 7.60 Å². The molecule has 0 aromatic rings. The van der Waals surface area contributed by atoms with Crippen LogP contribution < -0.4 is 0 Å². The van der Waals surface area contributed by atoms with Gasteiger partial charge in [-0.05, 0) is 18.3 Å². The fraction of sp³-hybridized carbons (Fsp3) is 1.00. The second-order valence-electron chi connectivity index (χ2n) is 9.60. The van der Waals surface area contributed by atoms with Gasteiger partial charge >= 0.3 is 7.60 Å². The zero-order chi connectivity index (χ0) is 21.1. The molecule has 0 rings (SSSR count). The third-order valence-electron chi connectivity index (χ3n) is 5.02. The Kier molecular flexibility index (Phi) is 18.1. The van der Waals surface area contributed by atoms with E-state index < -0.39 is 7.60 Å². The number of unbranched alkanes of at least 4 members (excludes halogenated alkanes) is 13. The Bertz CT molecular complexity index is 377. The molecule has 1 atom stereocenters. The van der Waals surface area contributed by atoms with Gasteiger partial charge in [0.25, 0.3) is 0 Å². The maximum absolute atomic E-state index is 12.9. The summed E-state index contributed by atoms with van der Waals surface area (Å²) in [5, 5.41) is 0.